The lowest BCUT2D eigenvalue weighted by Gasteiger charge is -2.26. The second kappa shape index (κ2) is 14.4. The van der Waals surface area contributed by atoms with Crippen LogP contribution in [-0.4, -0.2) is 0 Å². The predicted molar refractivity (Wildman–Crippen MR) is 276 cm³/mol. The normalized spacial score (nSPS) is 14.1. The Labute approximate surface area is 386 Å². The van der Waals surface area contributed by atoms with Crippen molar-refractivity contribution in [2.75, 3.05) is 0 Å². The van der Waals surface area contributed by atoms with E-state index in [9.17, 15) is 0 Å². The van der Waals surface area contributed by atoms with E-state index in [2.05, 4.69) is 240 Å². The summed E-state index contributed by atoms with van der Waals surface area (Å²) < 4.78 is 6.51. The van der Waals surface area contributed by atoms with E-state index in [0.717, 1.165) is 22.1 Å². The third-order valence-corrected chi connectivity index (χ3v) is 15.2. The minimum atomic E-state index is -0.167. The van der Waals surface area contributed by atoms with Gasteiger partial charge in [0, 0.05) is 27.5 Å². The van der Waals surface area contributed by atoms with Gasteiger partial charge in [-0.1, -0.05) is 210 Å². The predicted octanol–water partition coefficient (Wildman–Crippen LogP) is 17.5. The van der Waals surface area contributed by atoms with Gasteiger partial charge in [-0.05, 0) is 136 Å². The van der Waals surface area contributed by atoms with Gasteiger partial charge in [-0.2, -0.15) is 0 Å². The van der Waals surface area contributed by atoms with Crippen molar-refractivity contribution in [3.63, 3.8) is 0 Å². The van der Waals surface area contributed by atoms with Crippen molar-refractivity contribution in [2.24, 2.45) is 0 Å². The zero-order valence-corrected chi connectivity index (χ0v) is 37.7. The van der Waals surface area contributed by atoms with Crippen molar-refractivity contribution in [1.29, 1.82) is 0 Å². The molecule has 0 radical (unpaired) electrons. The van der Waals surface area contributed by atoms with Crippen LogP contribution in [0.4, 0.5) is 0 Å². The lowest BCUT2D eigenvalue weighted by molar-refractivity contribution is 0.657. The van der Waals surface area contributed by atoms with E-state index in [1.54, 1.807) is 0 Å². The molecule has 1 heterocycles. The van der Waals surface area contributed by atoms with Gasteiger partial charge >= 0.3 is 0 Å². The van der Waals surface area contributed by atoms with E-state index >= 15 is 0 Å². The molecule has 0 atom stereocenters. The van der Waals surface area contributed by atoms with Gasteiger partial charge in [0.25, 0.3) is 0 Å². The molecule has 0 saturated heterocycles. The topological polar surface area (TPSA) is 13.1 Å². The van der Waals surface area contributed by atoms with Crippen molar-refractivity contribution in [2.45, 2.75) is 44.4 Å². The number of hydrogen-bond donors (Lipinski definition) is 0. The second-order valence-electron chi connectivity index (χ2n) is 19.6. The standard InChI is InChI=1S/C65H48O/c1-64(2)56-35-45(40-13-7-5-8-14-40)23-29-51(56)53-31-26-48(37-58(53)64)62(49-27-32-54-52-30-24-46(41-15-9-6-10-16-41)36-57(52)65(3,4)59(54)38-49)44-21-19-42(20-22-44)47-25-33-55-61(39-47)66-60-34-28-43-17-11-12-18-50(43)63(55)60/h5-39,62H,1-4H3. The van der Waals surface area contributed by atoms with Crippen LogP contribution in [0.15, 0.2) is 217 Å². The lowest BCUT2D eigenvalue weighted by atomic mass is 9.77. The summed E-state index contributed by atoms with van der Waals surface area (Å²) in [6.07, 6.45) is 0. The van der Waals surface area contributed by atoms with E-state index < -0.39 is 0 Å². The Hall–Kier alpha value is -7.74. The van der Waals surface area contributed by atoms with E-state index in [1.807, 2.05) is 0 Å². The maximum atomic E-state index is 6.51. The Morgan fingerprint density at radius 3 is 1.33 bits per heavy atom. The second-order valence-corrected chi connectivity index (χ2v) is 19.6. The lowest BCUT2D eigenvalue weighted by Crippen LogP contribution is -2.17. The van der Waals surface area contributed by atoms with Crippen LogP contribution < -0.4 is 0 Å². The Morgan fingerprint density at radius 2 is 0.758 bits per heavy atom. The number of benzene rings is 10. The minimum absolute atomic E-state index is 0.0135. The van der Waals surface area contributed by atoms with E-state index in [4.69, 9.17) is 4.42 Å². The zero-order chi connectivity index (χ0) is 44.3. The minimum Gasteiger partial charge on any atom is -0.456 e. The SMILES string of the molecule is CC1(C)c2cc(-c3ccccc3)ccc2-c2ccc(C(c3ccc(-c4ccc5c(c4)oc4ccc6ccccc6c45)cc3)c3ccc4c(c3)C(C)(C)c3cc(-c5ccccc5)ccc3-4)cc21. The summed E-state index contributed by atoms with van der Waals surface area (Å²) in [4.78, 5) is 0. The first-order chi connectivity index (χ1) is 32.2. The fourth-order valence-corrected chi connectivity index (χ4v) is 11.7. The summed E-state index contributed by atoms with van der Waals surface area (Å²) in [6.45, 7) is 9.61. The van der Waals surface area contributed by atoms with E-state index in [-0.39, 0.29) is 16.7 Å². The van der Waals surface area contributed by atoms with Gasteiger partial charge < -0.3 is 4.42 Å². The maximum absolute atomic E-state index is 6.51. The van der Waals surface area contributed by atoms with Gasteiger partial charge in [0.15, 0.2) is 0 Å². The van der Waals surface area contributed by atoms with Crippen LogP contribution in [-0.2, 0) is 10.8 Å². The Bertz CT molecular complexity index is 3580. The van der Waals surface area contributed by atoms with E-state index in [1.165, 1.54) is 105 Å². The highest BCUT2D eigenvalue weighted by atomic mass is 16.3. The fourth-order valence-electron chi connectivity index (χ4n) is 11.7. The number of fused-ring (bicyclic) bond motifs is 11. The van der Waals surface area contributed by atoms with Gasteiger partial charge in [0.05, 0.1) is 0 Å². The van der Waals surface area contributed by atoms with Crippen LogP contribution in [0.1, 0.15) is 72.6 Å². The molecule has 314 valence electrons. The molecule has 1 aromatic heterocycles. The Morgan fingerprint density at radius 1 is 0.318 bits per heavy atom. The number of hydrogen-bond acceptors (Lipinski definition) is 1. The molecule has 2 aliphatic carbocycles. The molecule has 11 aromatic rings. The Kier molecular flexibility index (Phi) is 8.43. The first-order valence-corrected chi connectivity index (χ1v) is 23.3. The average Bonchev–Trinajstić information content (AvgIpc) is 3.93. The molecule has 0 unspecified atom stereocenters. The van der Waals surface area contributed by atoms with Crippen molar-refractivity contribution in [3.8, 4) is 55.6 Å². The van der Waals surface area contributed by atoms with Crippen LogP contribution in [0.25, 0.3) is 88.3 Å². The smallest absolute Gasteiger partial charge is 0.136 e. The first kappa shape index (κ1) is 38.7. The molecular formula is C65H48O. The summed E-state index contributed by atoms with van der Waals surface area (Å²) in [5, 5.41) is 4.79. The molecular weight excluding hydrogens is 797 g/mol. The van der Waals surface area contributed by atoms with Gasteiger partial charge in [0.2, 0.25) is 0 Å². The number of rotatable bonds is 6. The number of furan rings is 1. The monoisotopic (exact) mass is 844 g/mol. The summed E-state index contributed by atoms with van der Waals surface area (Å²) in [5.74, 6) is 0.0135. The summed E-state index contributed by atoms with van der Waals surface area (Å²) >= 11 is 0. The van der Waals surface area contributed by atoms with E-state index in [0.29, 0.717) is 0 Å². The molecule has 0 bridgehead atoms. The highest BCUT2D eigenvalue weighted by molar-refractivity contribution is 6.19. The van der Waals surface area contributed by atoms with Gasteiger partial charge in [-0.15, -0.1) is 0 Å². The molecule has 0 amide bonds. The fraction of sp³-hybridized carbons (Fsp3) is 0.108. The summed E-state index contributed by atoms with van der Waals surface area (Å²) in [6, 6.07) is 79.1. The third kappa shape index (κ3) is 5.86. The van der Waals surface area contributed by atoms with Gasteiger partial charge in [-0.3, -0.25) is 0 Å². The molecule has 0 fully saturated rings. The quantitative estimate of drug-likeness (QED) is 0.152. The van der Waals surface area contributed by atoms with Crippen LogP contribution >= 0.6 is 0 Å². The van der Waals surface area contributed by atoms with Crippen molar-refractivity contribution >= 4 is 32.7 Å². The van der Waals surface area contributed by atoms with Crippen LogP contribution in [0.2, 0.25) is 0 Å². The molecule has 66 heavy (non-hydrogen) atoms. The molecule has 0 N–H and O–H groups in total. The first-order valence-electron chi connectivity index (χ1n) is 23.3. The molecule has 13 rings (SSSR count). The Balaban J connectivity index is 0.921. The largest absolute Gasteiger partial charge is 0.456 e. The van der Waals surface area contributed by atoms with Crippen molar-refractivity contribution in [1.82, 2.24) is 0 Å². The van der Waals surface area contributed by atoms with Gasteiger partial charge in [-0.25, -0.2) is 0 Å². The molecule has 1 nitrogen and oxygen atoms in total. The van der Waals surface area contributed by atoms with Crippen LogP contribution in [0, 0.1) is 0 Å². The molecule has 1 heteroatoms. The van der Waals surface area contributed by atoms with Crippen molar-refractivity contribution < 1.29 is 4.42 Å². The molecule has 2 aliphatic rings. The molecule has 0 spiro atoms. The molecule has 0 saturated carbocycles. The van der Waals surface area contributed by atoms with Crippen LogP contribution in [0.3, 0.4) is 0 Å². The highest BCUT2D eigenvalue weighted by Crippen LogP contribution is 2.53. The molecule has 10 aromatic carbocycles. The summed E-state index contributed by atoms with van der Waals surface area (Å²) in [7, 11) is 0. The zero-order valence-electron chi connectivity index (χ0n) is 37.7. The average molecular weight is 845 g/mol. The summed E-state index contributed by atoms with van der Waals surface area (Å²) in [5.41, 5.74) is 23.6. The third-order valence-electron chi connectivity index (χ3n) is 15.2. The molecule has 0 aliphatic heterocycles. The maximum Gasteiger partial charge on any atom is 0.136 e. The highest BCUT2D eigenvalue weighted by Gasteiger charge is 2.38. The van der Waals surface area contributed by atoms with Crippen LogP contribution in [0.5, 0.6) is 0 Å². The van der Waals surface area contributed by atoms with Crippen molar-refractivity contribution in [3.05, 3.63) is 251 Å². The van der Waals surface area contributed by atoms with Gasteiger partial charge in [0.1, 0.15) is 11.2 Å².